The molecule has 1 atom stereocenters. The van der Waals surface area contributed by atoms with Gasteiger partial charge in [0.1, 0.15) is 0 Å². The predicted molar refractivity (Wildman–Crippen MR) is 93.8 cm³/mol. The maximum atomic E-state index is 12.0. The number of hydrogen-bond acceptors (Lipinski definition) is 3. The summed E-state index contributed by atoms with van der Waals surface area (Å²) in [5.41, 5.74) is 2.49. The number of rotatable bonds is 4. The molecule has 2 rings (SSSR count). The normalized spacial score (nSPS) is 11.1. The van der Waals surface area contributed by atoms with Crippen LogP contribution in [0.25, 0.3) is 0 Å². The van der Waals surface area contributed by atoms with E-state index in [0.717, 1.165) is 11.1 Å². The third-order valence-corrected chi connectivity index (χ3v) is 3.66. The topological polar surface area (TPSA) is 64.9 Å². The lowest BCUT2D eigenvalue weighted by Crippen LogP contribution is -2.39. The van der Waals surface area contributed by atoms with E-state index in [2.05, 4.69) is 16.7 Å². The van der Waals surface area contributed by atoms with Crippen LogP contribution >= 0.6 is 12.2 Å². The molecule has 5 heteroatoms. The molecule has 0 saturated heterocycles. The zero-order valence-electron chi connectivity index (χ0n) is 12.7. The van der Waals surface area contributed by atoms with Gasteiger partial charge in [-0.05, 0) is 42.4 Å². The average Bonchev–Trinajstić information content (AvgIpc) is 2.60. The number of nitrogens with one attached hydrogen (secondary N) is 2. The summed E-state index contributed by atoms with van der Waals surface area (Å²) >= 11 is 5.16. The van der Waals surface area contributed by atoms with E-state index < -0.39 is 0 Å². The molecule has 4 nitrogen and oxygen atoms in total. The van der Waals surface area contributed by atoms with Gasteiger partial charge in [-0.25, -0.2) is 0 Å². The fourth-order valence-electron chi connectivity index (χ4n) is 2.17. The van der Waals surface area contributed by atoms with E-state index >= 15 is 0 Å². The van der Waals surface area contributed by atoms with Gasteiger partial charge in [0.2, 0.25) is 0 Å². The van der Waals surface area contributed by atoms with Crippen molar-refractivity contribution < 1.29 is 4.79 Å². The molecule has 0 aliphatic rings. The Bertz CT molecular complexity index is 737. The Hall–Kier alpha value is -2.71. The molecule has 0 saturated carbocycles. The predicted octanol–water partition coefficient (Wildman–Crippen LogP) is 3.12. The van der Waals surface area contributed by atoms with Crippen molar-refractivity contribution in [2.45, 2.75) is 19.4 Å². The Morgan fingerprint density at radius 2 is 1.83 bits per heavy atom. The first-order chi connectivity index (χ1) is 11.1. The van der Waals surface area contributed by atoms with Crippen LogP contribution in [0.2, 0.25) is 0 Å². The van der Waals surface area contributed by atoms with E-state index in [1.807, 2.05) is 37.3 Å². The van der Waals surface area contributed by atoms with E-state index in [0.29, 0.717) is 12.1 Å². The first kappa shape index (κ1) is 16.7. The highest BCUT2D eigenvalue weighted by Crippen LogP contribution is 2.18. The highest BCUT2D eigenvalue weighted by Gasteiger charge is 2.10. The molecular formula is C18H17N3OS. The Kier molecular flexibility index (Phi) is 5.84. The highest BCUT2D eigenvalue weighted by molar-refractivity contribution is 7.80. The van der Waals surface area contributed by atoms with Crippen molar-refractivity contribution in [2.75, 3.05) is 0 Å². The molecule has 1 amide bonds. The maximum Gasteiger partial charge on any atom is 0.257 e. The number of amides is 1. The van der Waals surface area contributed by atoms with Gasteiger partial charge in [0.25, 0.3) is 5.91 Å². The van der Waals surface area contributed by atoms with Crippen LogP contribution in [-0.2, 0) is 6.54 Å². The minimum atomic E-state index is -0.248. The van der Waals surface area contributed by atoms with Gasteiger partial charge < -0.3 is 5.32 Å². The summed E-state index contributed by atoms with van der Waals surface area (Å²) < 4.78 is 0. The second-order valence-corrected chi connectivity index (χ2v) is 5.46. The van der Waals surface area contributed by atoms with Crippen LogP contribution in [-0.4, -0.2) is 11.0 Å². The van der Waals surface area contributed by atoms with Crippen LogP contribution in [0.3, 0.4) is 0 Å². The second kappa shape index (κ2) is 8.06. The molecule has 23 heavy (non-hydrogen) atoms. The fourth-order valence-corrected chi connectivity index (χ4v) is 2.34. The van der Waals surface area contributed by atoms with Crippen LogP contribution < -0.4 is 10.6 Å². The number of carbonyl (C=O) groups excluding carboxylic acids is 1. The molecule has 0 heterocycles. The quantitative estimate of drug-likeness (QED) is 0.849. The smallest absolute Gasteiger partial charge is 0.257 e. The van der Waals surface area contributed by atoms with Crippen molar-refractivity contribution >= 4 is 23.2 Å². The molecular weight excluding hydrogens is 306 g/mol. The number of thiocarbonyl (C=S) groups is 1. The minimum Gasteiger partial charge on any atom is -0.358 e. The molecule has 0 aliphatic heterocycles. The van der Waals surface area contributed by atoms with Gasteiger partial charge in [-0.2, -0.15) is 5.26 Å². The van der Waals surface area contributed by atoms with Gasteiger partial charge in [-0.1, -0.05) is 42.5 Å². The molecule has 2 aromatic carbocycles. The van der Waals surface area contributed by atoms with Crippen LogP contribution in [0.15, 0.2) is 54.6 Å². The monoisotopic (exact) mass is 323 g/mol. The third kappa shape index (κ3) is 4.63. The first-order valence-corrected chi connectivity index (χ1v) is 7.64. The van der Waals surface area contributed by atoms with E-state index in [-0.39, 0.29) is 16.9 Å². The molecule has 2 aromatic rings. The molecule has 0 radical (unpaired) electrons. The fraction of sp³-hybridized carbons (Fsp3) is 0.167. The number of nitriles is 1. The largest absolute Gasteiger partial charge is 0.358 e. The van der Waals surface area contributed by atoms with Crippen LogP contribution in [0.1, 0.15) is 34.3 Å². The molecule has 116 valence electrons. The standard InChI is InChI=1S/C18H17N3OS/c1-13(11-19)16-10-6-5-9-15(16)12-20-18(23)21-17(22)14-7-3-2-4-8-14/h2-10,13H,12H2,1H3,(H2,20,21,22,23). The van der Waals surface area contributed by atoms with Crippen LogP contribution in [0.5, 0.6) is 0 Å². The van der Waals surface area contributed by atoms with Crippen LogP contribution in [0.4, 0.5) is 0 Å². The summed E-state index contributed by atoms with van der Waals surface area (Å²) in [5, 5.41) is 15.0. The third-order valence-electron chi connectivity index (χ3n) is 3.42. The Morgan fingerprint density at radius 3 is 2.52 bits per heavy atom. The lowest BCUT2D eigenvalue weighted by Gasteiger charge is -2.13. The summed E-state index contributed by atoms with van der Waals surface area (Å²) in [6.45, 7) is 2.31. The van der Waals surface area contributed by atoms with E-state index in [9.17, 15) is 4.79 Å². The molecule has 0 aromatic heterocycles. The minimum absolute atomic E-state index is 0.194. The van der Waals surface area contributed by atoms with Crippen molar-refractivity contribution in [1.29, 1.82) is 5.26 Å². The second-order valence-electron chi connectivity index (χ2n) is 5.05. The zero-order chi connectivity index (χ0) is 16.7. The van der Waals surface area contributed by atoms with Crippen molar-refractivity contribution in [3.8, 4) is 6.07 Å². The molecule has 1 unspecified atom stereocenters. The molecule has 0 bridgehead atoms. The lowest BCUT2D eigenvalue weighted by atomic mass is 9.97. The Labute approximate surface area is 141 Å². The van der Waals surface area contributed by atoms with Gasteiger partial charge in [0.15, 0.2) is 5.11 Å². The zero-order valence-corrected chi connectivity index (χ0v) is 13.6. The summed E-state index contributed by atoms with van der Waals surface area (Å²) in [6.07, 6.45) is 0. The molecule has 0 aliphatic carbocycles. The summed E-state index contributed by atoms with van der Waals surface area (Å²) in [6, 6.07) is 18.8. The Morgan fingerprint density at radius 1 is 1.17 bits per heavy atom. The number of hydrogen-bond donors (Lipinski definition) is 2. The summed E-state index contributed by atoms with van der Waals surface area (Å²) in [7, 11) is 0. The van der Waals surface area contributed by atoms with Gasteiger partial charge in [-0.15, -0.1) is 0 Å². The van der Waals surface area contributed by atoms with Crippen LogP contribution in [0, 0.1) is 11.3 Å². The number of benzene rings is 2. The summed E-state index contributed by atoms with van der Waals surface area (Å²) in [5.74, 6) is -0.442. The number of nitrogens with zero attached hydrogens (tertiary/aromatic N) is 1. The molecule has 0 fully saturated rings. The highest BCUT2D eigenvalue weighted by atomic mass is 32.1. The van der Waals surface area contributed by atoms with Crippen molar-refractivity contribution in [2.24, 2.45) is 0 Å². The average molecular weight is 323 g/mol. The van der Waals surface area contributed by atoms with Gasteiger partial charge in [0, 0.05) is 12.1 Å². The van der Waals surface area contributed by atoms with Gasteiger partial charge in [0.05, 0.1) is 12.0 Å². The van der Waals surface area contributed by atoms with E-state index in [1.54, 1.807) is 24.3 Å². The molecule has 0 spiro atoms. The Balaban J connectivity index is 1.95. The first-order valence-electron chi connectivity index (χ1n) is 7.23. The maximum absolute atomic E-state index is 12.0. The summed E-state index contributed by atoms with van der Waals surface area (Å²) in [4.78, 5) is 12.0. The van der Waals surface area contributed by atoms with E-state index in [4.69, 9.17) is 17.5 Å². The van der Waals surface area contributed by atoms with Gasteiger partial charge in [-0.3, -0.25) is 10.1 Å². The van der Waals surface area contributed by atoms with Gasteiger partial charge >= 0.3 is 0 Å². The van der Waals surface area contributed by atoms with E-state index in [1.165, 1.54) is 0 Å². The lowest BCUT2D eigenvalue weighted by molar-refractivity contribution is 0.0976. The molecule has 2 N–H and O–H groups in total. The SMILES string of the molecule is CC(C#N)c1ccccc1CNC(=S)NC(=O)c1ccccc1. The van der Waals surface area contributed by atoms with Crippen molar-refractivity contribution in [1.82, 2.24) is 10.6 Å². The van der Waals surface area contributed by atoms with Crippen molar-refractivity contribution in [3.05, 3.63) is 71.3 Å². The number of carbonyl (C=O) groups is 1. The van der Waals surface area contributed by atoms with Crippen molar-refractivity contribution in [3.63, 3.8) is 0 Å².